The van der Waals surface area contributed by atoms with E-state index < -0.39 is 0 Å². The second-order valence-electron chi connectivity index (χ2n) is 5.35. The Hall–Kier alpha value is -0.870. The van der Waals surface area contributed by atoms with Crippen molar-refractivity contribution >= 4 is 11.8 Å². The molecular formula is C16H25NO2S. The molecule has 1 aliphatic heterocycles. The van der Waals surface area contributed by atoms with Crippen LogP contribution >= 0.6 is 11.8 Å². The van der Waals surface area contributed by atoms with Crippen molar-refractivity contribution in [2.45, 2.75) is 38.2 Å². The predicted molar refractivity (Wildman–Crippen MR) is 86.1 cm³/mol. The third-order valence-electron chi connectivity index (χ3n) is 3.77. The van der Waals surface area contributed by atoms with Gasteiger partial charge in [-0.25, -0.2) is 0 Å². The Balaban J connectivity index is 2.13. The maximum Gasteiger partial charge on any atom is 0.161 e. The molecule has 1 aromatic carbocycles. The van der Waals surface area contributed by atoms with Gasteiger partial charge in [-0.3, -0.25) is 0 Å². The van der Waals surface area contributed by atoms with Crippen molar-refractivity contribution in [3.05, 3.63) is 23.8 Å². The Kier molecular flexibility index (Phi) is 6.05. The Morgan fingerprint density at radius 2 is 2.25 bits per heavy atom. The summed E-state index contributed by atoms with van der Waals surface area (Å²) in [6.07, 6.45) is 3.67. The van der Waals surface area contributed by atoms with Gasteiger partial charge in [-0.05, 0) is 55.2 Å². The molecule has 1 aliphatic rings. The molecule has 112 valence electrons. The molecule has 0 saturated carbocycles. The molecule has 20 heavy (non-hydrogen) atoms. The normalized spacial score (nSPS) is 20.4. The summed E-state index contributed by atoms with van der Waals surface area (Å²) >= 11 is 1.97. The Morgan fingerprint density at radius 1 is 1.40 bits per heavy atom. The fourth-order valence-electron chi connectivity index (χ4n) is 2.49. The first-order valence-corrected chi connectivity index (χ1v) is 8.52. The maximum atomic E-state index is 6.17. The summed E-state index contributed by atoms with van der Waals surface area (Å²) in [7, 11) is 1.70. The van der Waals surface area contributed by atoms with Gasteiger partial charge >= 0.3 is 0 Å². The molecule has 2 N–H and O–H groups in total. The quantitative estimate of drug-likeness (QED) is 0.873. The minimum Gasteiger partial charge on any atom is -0.493 e. The topological polar surface area (TPSA) is 44.5 Å². The van der Waals surface area contributed by atoms with E-state index in [1.54, 1.807) is 7.11 Å². The van der Waals surface area contributed by atoms with Crippen LogP contribution in [-0.2, 0) is 0 Å². The Bertz CT molecular complexity index is 419. The van der Waals surface area contributed by atoms with E-state index in [4.69, 9.17) is 15.2 Å². The lowest BCUT2D eigenvalue weighted by atomic mass is 9.97. The zero-order chi connectivity index (χ0) is 14.4. The van der Waals surface area contributed by atoms with Crippen LogP contribution in [0.2, 0.25) is 0 Å². The number of nitrogens with two attached hydrogens (primary N) is 1. The smallest absolute Gasteiger partial charge is 0.161 e. The molecule has 3 nitrogen and oxygen atoms in total. The van der Waals surface area contributed by atoms with Gasteiger partial charge in [0.15, 0.2) is 11.5 Å². The van der Waals surface area contributed by atoms with Gasteiger partial charge in [0.1, 0.15) is 6.10 Å². The van der Waals surface area contributed by atoms with Gasteiger partial charge in [0.25, 0.3) is 0 Å². The van der Waals surface area contributed by atoms with E-state index in [0.29, 0.717) is 18.6 Å². The average molecular weight is 295 g/mol. The van der Waals surface area contributed by atoms with Gasteiger partial charge in [0, 0.05) is 5.75 Å². The maximum absolute atomic E-state index is 6.17. The molecule has 4 heteroatoms. The SMILES string of the molecule is COc1ccc(C(C)CCN)cc1OC1CCCSC1. The monoisotopic (exact) mass is 295 g/mol. The highest BCUT2D eigenvalue weighted by Gasteiger charge is 2.18. The van der Waals surface area contributed by atoms with E-state index in [0.717, 1.165) is 30.1 Å². The van der Waals surface area contributed by atoms with Crippen LogP contribution in [0.1, 0.15) is 37.7 Å². The minimum atomic E-state index is 0.308. The van der Waals surface area contributed by atoms with Crippen molar-refractivity contribution in [2.24, 2.45) is 5.73 Å². The van der Waals surface area contributed by atoms with Crippen LogP contribution in [0.4, 0.5) is 0 Å². The molecule has 1 heterocycles. The van der Waals surface area contributed by atoms with Crippen molar-refractivity contribution in [3.63, 3.8) is 0 Å². The van der Waals surface area contributed by atoms with Crippen molar-refractivity contribution in [3.8, 4) is 11.5 Å². The molecule has 2 atom stereocenters. The number of methoxy groups -OCH3 is 1. The second kappa shape index (κ2) is 7.79. The van der Waals surface area contributed by atoms with Gasteiger partial charge in [-0.1, -0.05) is 13.0 Å². The van der Waals surface area contributed by atoms with Crippen molar-refractivity contribution in [1.82, 2.24) is 0 Å². The van der Waals surface area contributed by atoms with Crippen LogP contribution in [0.5, 0.6) is 11.5 Å². The van der Waals surface area contributed by atoms with Crippen molar-refractivity contribution in [1.29, 1.82) is 0 Å². The summed E-state index contributed by atoms with van der Waals surface area (Å²) in [5.41, 5.74) is 6.92. The molecule has 0 bridgehead atoms. The molecule has 2 rings (SSSR count). The highest BCUT2D eigenvalue weighted by Crippen LogP contribution is 2.34. The van der Waals surface area contributed by atoms with E-state index in [2.05, 4.69) is 19.1 Å². The van der Waals surface area contributed by atoms with Crippen LogP contribution in [0, 0.1) is 0 Å². The average Bonchev–Trinajstić information content (AvgIpc) is 2.48. The summed E-state index contributed by atoms with van der Waals surface area (Å²) in [5.74, 6) is 4.48. The minimum absolute atomic E-state index is 0.308. The number of benzene rings is 1. The van der Waals surface area contributed by atoms with Gasteiger partial charge in [0.05, 0.1) is 7.11 Å². The molecule has 1 aromatic rings. The molecule has 0 radical (unpaired) electrons. The van der Waals surface area contributed by atoms with Crippen molar-refractivity contribution in [2.75, 3.05) is 25.2 Å². The number of thioether (sulfide) groups is 1. The lowest BCUT2D eigenvalue weighted by Crippen LogP contribution is -2.23. The number of hydrogen-bond acceptors (Lipinski definition) is 4. The summed E-state index contributed by atoms with van der Waals surface area (Å²) in [4.78, 5) is 0. The zero-order valence-electron chi connectivity index (χ0n) is 12.4. The van der Waals surface area contributed by atoms with E-state index in [1.165, 1.54) is 17.7 Å². The van der Waals surface area contributed by atoms with Crippen LogP contribution in [0.3, 0.4) is 0 Å². The first-order valence-electron chi connectivity index (χ1n) is 7.37. The van der Waals surface area contributed by atoms with Gasteiger partial charge < -0.3 is 15.2 Å². The predicted octanol–water partition coefficient (Wildman–Crippen LogP) is 3.42. The van der Waals surface area contributed by atoms with Gasteiger partial charge in [-0.15, -0.1) is 0 Å². The standard InChI is InChI=1S/C16H25NO2S/c1-12(7-8-17)13-5-6-15(18-2)16(10-13)19-14-4-3-9-20-11-14/h5-6,10,12,14H,3-4,7-9,11,17H2,1-2H3. The molecule has 1 saturated heterocycles. The Labute approximate surface area is 126 Å². The van der Waals surface area contributed by atoms with Gasteiger partial charge in [0.2, 0.25) is 0 Å². The number of rotatable bonds is 6. The molecule has 0 spiro atoms. The van der Waals surface area contributed by atoms with E-state index in [-0.39, 0.29) is 0 Å². The van der Waals surface area contributed by atoms with Crippen LogP contribution in [-0.4, -0.2) is 31.3 Å². The third kappa shape index (κ3) is 4.06. The van der Waals surface area contributed by atoms with E-state index in [9.17, 15) is 0 Å². The van der Waals surface area contributed by atoms with E-state index in [1.807, 2.05) is 17.8 Å². The van der Waals surface area contributed by atoms with Gasteiger partial charge in [-0.2, -0.15) is 11.8 Å². The van der Waals surface area contributed by atoms with Crippen LogP contribution < -0.4 is 15.2 Å². The largest absolute Gasteiger partial charge is 0.493 e. The number of hydrogen-bond donors (Lipinski definition) is 1. The lowest BCUT2D eigenvalue weighted by molar-refractivity contribution is 0.202. The third-order valence-corrected chi connectivity index (χ3v) is 4.95. The van der Waals surface area contributed by atoms with Crippen molar-refractivity contribution < 1.29 is 9.47 Å². The summed E-state index contributed by atoms with van der Waals surface area (Å²) in [6.45, 7) is 2.91. The molecule has 0 amide bonds. The molecular weight excluding hydrogens is 270 g/mol. The first kappa shape index (κ1) is 15.5. The fourth-order valence-corrected chi connectivity index (χ4v) is 3.53. The second-order valence-corrected chi connectivity index (χ2v) is 6.50. The Morgan fingerprint density at radius 3 is 2.90 bits per heavy atom. The van der Waals surface area contributed by atoms with Crippen LogP contribution in [0.25, 0.3) is 0 Å². The summed E-state index contributed by atoms with van der Waals surface area (Å²) in [6, 6.07) is 6.24. The molecule has 1 fully saturated rings. The zero-order valence-corrected chi connectivity index (χ0v) is 13.2. The molecule has 0 aliphatic carbocycles. The highest BCUT2D eigenvalue weighted by molar-refractivity contribution is 7.99. The molecule has 0 aromatic heterocycles. The first-order chi connectivity index (χ1) is 9.74. The molecule has 2 unspecified atom stereocenters. The highest BCUT2D eigenvalue weighted by atomic mass is 32.2. The summed E-state index contributed by atoms with van der Waals surface area (Å²) in [5, 5.41) is 0. The lowest BCUT2D eigenvalue weighted by Gasteiger charge is -2.24. The number of ether oxygens (including phenoxy) is 2. The van der Waals surface area contributed by atoms with E-state index >= 15 is 0 Å². The van der Waals surface area contributed by atoms with Crippen LogP contribution in [0.15, 0.2) is 18.2 Å². The fraction of sp³-hybridized carbons (Fsp3) is 0.625. The summed E-state index contributed by atoms with van der Waals surface area (Å²) < 4.78 is 11.6.